The van der Waals surface area contributed by atoms with Gasteiger partial charge in [-0.1, -0.05) is 41.7 Å². The molecule has 0 radical (unpaired) electrons. The standard InChI is InChI=1S/C20H21Cl2N3O4S2/c1-13(16(22)5-3-4-10-21)17(26)18-19(23)25-20(30-18)24-14-6-8-15(9-7-14)31(27,28)12-11-29-2/h3-9H,1,10-12,23H2,2H3,(H,24,25)/b4-3-,16-5+. The number of allylic oxidation sites excluding steroid dienone is 5. The molecule has 0 aliphatic heterocycles. The van der Waals surface area contributed by atoms with Gasteiger partial charge < -0.3 is 15.8 Å². The lowest BCUT2D eigenvalue weighted by Gasteiger charge is -2.06. The van der Waals surface area contributed by atoms with Crippen molar-refractivity contribution in [2.24, 2.45) is 0 Å². The Hall–Kier alpha value is -2.17. The first-order chi connectivity index (χ1) is 14.7. The Bertz CT molecular complexity index is 1110. The van der Waals surface area contributed by atoms with Gasteiger partial charge in [-0.25, -0.2) is 13.4 Å². The Kier molecular flexibility index (Phi) is 9.27. The summed E-state index contributed by atoms with van der Waals surface area (Å²) in [6.07, 6.45) is 4.80. The number of ether oxygens (including phenoxy) is 1. The highest BCUT2D eigenvalue weighted by Gasteiger charge is 2.21. The number of hydrogen-bond donors (Lipinski definition) is 2. The number of aromatic nitrogens is 1. The van der Waals surface area contributed by atoms with E-state index in [1.807, 2.05) is 0 Å². The minimum absolute atomic E-state index is 0.0400. The molecule has 7 nitrogen and oxygen atoms in total. The predicted octanol–water partition coefficient (Wildman–Crippen LogP) is 4.55. The number of benzene rings is 1. The molecule has 0 saturated carbocycles. The van der Waals surface area contributed by atoms with Crippen molar-refractivity contribution in [1.29, 1.82) is 0 Å². The lowest BCUT2D eigenvalue weighted by molar-refractivity contribution is 0.104. The average Bonchev–Trinajstić information content (AvgIpc) is 3.11. The van der Waals surface area contributed by atoms with E-state index in [0.29, 0.717) is 16.7 Å². The van der Waals surface area contributed by atoms with Gasteiger partial charge in [0.2, 0.25) is 5.78 Å². The lowest BCUT2D eigenvalue weighted by Crippen LogP contribution is -2.11. The zero-order valence-electron chi connectivity index (χ0n) is 16.6. The Balaban J connectivity index is 2.14. The van der Waals surface area contributed by atoms with Crippen molar-refractivity contribution in [2.75, 3.05) is 36.4 Å². The van der Waals surface area contributed by atoms with E-state index in [1.165, 1.54) is 25.3 Å². The molecule has 0 saturated heterocycles. The van der Waals surface area contributed by atoms with Crippen molar-refractivity contribution in [3.8, 4) is 0 Å². The summed E-state index contributed by atoms with van der Waals surface area (Å²) in [7, 11) is -1.98. The number of alkyl halides is 1. The van der Waals surface area contributed by atoms with Crippen LogP contribution in [-0.2, 0) is 14.6 Å². The van der Waals surface area contributed by atoms with E-state index < -0.39 is 15.6 Å². The number of carbonyl (C=O) groups is 1. The normalized spacial score (nSPS) is 12.3. The molecular weight excluding hydrogens is 481 g/mol. The molecule has 166 valence electrons. The molecule has 31 heavy (non-hydrogen) atoms. The van der Waals surface area contributed by atoms with E-state index in [-0.39, 0.29) is 38.6 Å². The molecule has 0 aliphatic rings. The first kappa shape index (κ1) is 25.1. The van der Waals surface area contributed by atoms with Crippen LogP contribution in [0.15, 0.2) is 64.6 Å². The third-order valence-electron chi connectivity index (χ3n) is 3.91. The van der Waals surface area contributed by atoms with Crippen LogP contribution in [0.4, 0.5) is 16.6 Å². The van der Waals surface area contributed by atoms with Crippen LogP contribution in [-0.4, -0.2) is 44.5 Å². The highest BCUT2D eigenvalue weighted by molar-refractivity contribution is 7.91. The molecule has 2 rings (SSSR count). The van der Waals surface area contributed by atoms with Crippen molar-refractivity contribution in [3.63, 3.8) is 0 Å². The van der Waals surface area contributed by atoms with Crippen LogP contribution in [0.5, 0.6) is 0 Å². The summed E-state index contributed by atoms with van der Waals surface area (Å²) >= 11 is 12.7. The number of sulfone groups is 1. The van der Waals surface area contributed by atoms with E-state index in [1.54, 1.807) is 24.3 Å². The summed E-state index contributed by atoms with van der Waals surface area (Å²) < 4.78 is 29.2. The SMILES string of the molecule is C=C(C(=O)c1sc(Nc2ccc(S(=O)(=O)CCOC)cc2)nc1N)/C(Cl)=C\C=C/CCl. The maximum absolute atomic E-state index is 12.7. The molecule has 11 heteroatoms. The maximum Gasteiger partial charge on any atom is 0.207 e. The van der Waals surface area contributed by atoms with Crippen LogP contribution in [0.3, 0.4) is 0 Å². The topological polar surface area (TPSA) is 111 Å². The van der Waals surface area contributed by atoms with E-state index in [0.717, 1.165) is 11.3 Å². The molecule has 1 aromatic carbocycles. The Morgan fingerprint density at radius 3 is 2.65 bits per heavy atom. The summed E-state index contributed by atoms with van der Waals surface area (Å²) in [6.45, 7) is 3.83. The van der Waals surface area contributed by atoms with Crippen LogP contribution < -0.4 is 11.1 Å². The molecule has 1 heterocycles. The fourth-order valence-electron chi connectivity index (χ4n) is 2.28. The van der Waals surface area contributed by atoms with Crippen molar-refractivity contribution in [3.05, 3.63) is 64.6 Å². The van der Waals surface area contributed by atoms with Gasteiger partial charge in [-0.15, -0.1) is 11.6 Å². The summed E-state index contributed by atoms with van der Waals surface area (Å²) in [4.78, 5) is 17.2. The smallest absolute Gasteiger partial charge is 0.207 e. The monoisotopic (exact) mass is 501 g/mol. The number of anilines is 3. The number of Topliss-reactive ketones (excluding diaryl/α,β-unsaturated/α-hetero) is 1. The minimum Gasteiger partial charge on any atom is -0.384 e. The van der Waals surface area contributed by atoms with Crippen LogP contribution >= 0.6 is 34.5 Å². The summed E-state index contributed by atoms with van der Waals surface area (Å²) in [6, 6.07) is 6.16. The molecule has 0 bridgehead atoms. The zero-order valence-corrected chi connectivity index (χ0v) is 19.7. The fraction of sp³-hybridized carbons (Fsp3) is 0.200. The number of nitrogens with zero attached hydrogens (tertiary/aromatic N) is 1. The molecule has 1 aromatic heterocycles. The molecule has 0 atom stereocenters. The second-order valence-corrected chi connectivity index (χ2v) is 9.92. The number of nitrogens with one attached hydrogen (secondary N) is 1. The van der Waals surface area contributed by atoms with Gasteiger partial charge in [0.05, 0.1) is 22.3 Å². The van der Waals surface area contributed by atoms with Gasteiger partial charge in [-0.05, 0) is 30.3 Å². The number of hydrogen-bond acceptors (Lipinski definition) is 8. The molecule has 0 aliphatic carbocycles. The molecule has 0 unspecified atom stereocenters. The number of carbonyl (C=O) groups excluding carboxylic acids is 1. The Morgan fingerprint density at radius 1 is 1.35 bits per heavy atom. The van der Waals surface area contributed by atoms with E-state index in [9.17, 15) is 13.2 Å². The third-order valence-corrected chi connectivity index (χ3v) is 7.12. The lowest BCUT2D eigenvalue weighted by atomic mass is 10.1. The maximum atomic E-state index is 12.7. The quantitative estimate of drug-likeness (QED) is 0.201. The second kappa shape index (κ2) is 11.4. The van der Waals surface area contributed by atoms with Gasteiger partial charge in [0.15, 0.2) is 15.0 Å². The van der Waals surface area contributed by atoms with Gasteiger partial charge in [-0.2, -0.15) is 0 Å². The number of thiazole rings is 1. The number of ketones is 1. The largest absolute Gasteiger partial charge is 0.384 e. The highest BCUT2D eigenvalue weighted by atomic mass is 35.5. The van der Waals surface area contributed by atoms with Gasteiger partial charge >= 0.3 is 0 Å². The van der Waals surface area contributed by atoms with Crippen LogP contribution in [0.2, 0.25) is 0 Å². The van der Waals surface area contributed by atoms with E-state index in [4.69, 9.17) is 33.7 Å². The van der Waals surface area contributed by atoms with Crippen molar-refractivity contribution < 1.29 is 17.9 Å². The fourth-order valence-corrected chi connectivity index (χ4v) is 4.58. The molecule has 0 amide bonds. The van der Waals surface area contributed by atoms with Gasteiger partial charge in [0.1, 0.15) is 10.7 Å². The van der Waals surface area contributed by atoms with E-state index in [2.05, 4.69) is 16.9 Å². The van der Waals surface area contributed by atoms with Crippen molar-refractivity contribution >= 4 is 66.8 Å². The highest BCUT2D eigenvalue weighted by Crippen LogP contribution is 2.31. The van der Waals surface area contributed by atoms with Crippen LogP contribution in [0, 0.1) is 0 Å². The Labute approximate surface area is 195 Å². The summed E-state index contributed by atoms with van der Waals surface area (Å²) in [5.74, 6) is -0.188. The molecule has 0 fully saturated rings. The minimum atomic E-state index is -3.42. The molecule has 3 N–H and O–H groups in total. The van der Waals surface area contributed by atoms with Gasteiger partial charge in [0, 0.05) is 24.3 Å². The Morgan fingerprint density at radius 2 is 2.03 bits per heavy atom. The zero-order chi connectivity index (χ0) is 23.0. The van der Waals surface area contributed by atoms with Crippen molar-refractivity contribution in [1.82, 2.24) is 4.98 Å². The van der Waals surface area contributed by atoms with Crippen molar-refractivity contribution in [2.45, 2.75) is 4.90 Å². The average molecular weight is 502 g/mol. The number of nitrogens with two attached hydrogens (primary N) is 1. The van der Waals surface area contributed by atoms with Gasteiger partial charge in [0.25, 0.3) is 0 Å². The second-order valence-electron chi connectivity index (χ2n) is 6.10. The summed E-state index contributed by atoms with van der Waals surface area (Å²) in [5, 5.41) is 3.54. The van der Waals surface area contributed by atoms with Crippen LogP contribution in [0.1, 0.15) is 9.67 Å². The van der Waals surface area contributed by atoms with E-state index >= 15 is 0 Å². The number of rotatable bonds is 11. The van der Waals surface area contributed by atoms with Crippen LogP contribution in [0.25, 0.3) is 0 Å². The molecule has 2 aromatic rings. The molecule has 0 spiro atoms. The number of methoxy groups -OCH3 is 1. The predicted molar refractivity (Wildman–Crippen MR) is 127 cm³/mol. The summed E-state index contributed by atoms with van der Waals surface area (Å²) in [5.41, 5.74) is 6.56. The van der Waals surface area contributed by atoms with Gasteiger partial charge in [-0.3, -0.25) is 4.79 Å². The third kappa shape index (κ3) is 6.91. The number of halogens is 2. The molecular formula is C20H21Cl2N3O4S2. The first-order valence-corrected chi connectivity index (χ1v) is 12.2. The number of nitrogen functional groups attached to an aromatic ring is 1. The first-order valence-electron chi connectivity index (χ1n) is 8.87.